The van der Waals surface area contributed by atoms with Crippen molar-refractivity contribution in [2.24, 2.45) is 0 Å². The number of ether oxygens (including phenoxy) is 2. The van der Waals surface area contributed by atoms with Crippen molar-refractivity contribution in [3.05, 3.63) is 28.2 Å². The van der Waals surface area contributed by atoms with Crippen molar-refractivity contribution in [1.29, 1.82) is 0 Å². The molecule has 0 spiro atoms. The van der Waals surface area contributed by atoms with Gasteiger partial charge in [0.05, 0.1) is 25.3 Å². The van der Waals surface area contributed by atoms with Gasteiger partial charge in [0, 0.05) is 6.20 Å². The van der Waals surface area contributed by atoms with Gasteiger partial charge in [-0.3, -0.25) is 9.36 Å². The zero-order valence-electron chi connectivity index (χ0n) is 11.3. The summed E-state index contributed by atoms with van der Waals surface area (Å²) in [5, 5.41) is 9.67. The Labute approximate surface area is 118 Å². The SMILES string of the molecule is COC(=O)Cc1nc(=O)n([C@@H]2O[C@H](C)[C@@H](F)[C@H]2O)cc1F. The molecule has 0 unspecified atom stereocenters. The summed E-state index contributed by atoms with van der Waals surface area (Å²) in [5.74, 6) is -1.71. The number of carbonyl (C=O) groups excluding carboxylic acids is 1. The second kappa shape index (κ2) is 5.86. The van der Waals surface area contributed by atoms with Crippen LogP contribution in [0.4, 0.5) is 8.78 Å². The molecule has 21 heavy (non-hydrogen) atoms. The Bertz CT molecular complexity index is 606. The molecule has 1 aromatic rings. The predicted octanol–water partition coefficient (Wildman–Crippen LogP) is -0.286. The normalized spacial score (nSPS) is 28.6. The van der Waals surface area contributed by atoms with Crippen molar-refractivity contribution in [2.75, 3.05) is 7.11 Å². The molecule has 116 valence electrons. The molecule has 2 rings (SSSR count). The van der Waals surface area contributed by atoms with Crippen LogP contribution in [-0.2, 0) is 20.7 Å². The van der Waals surface area contributed by atoms with Crippen LogP contribution in [0, 0.1) is 5.82 Å². The number of halogens is 2. The number of nitrogens with zero attached hydrogens (tertiary/aromatic N) is 2. The molecule has 0 radical (unpaired) electrons. The summed E-state index contributed by atoms with van der Waals surface area (Å²) in [5.41, 5.74) is -1.35. The summed E-state index contributed by atoms with van der Waals surface area (Å²) in [6.45, 7) is 1.38. The molecule has 7 nitrogen and oxygen atoms in total. The molecule has 1 aromatic heterocycles. The summed E-state index contributed by atoms with van der Waals surface area (Å²) < 4.78 is 37.5. The molecular weight excluding hydrogens is 290 g/mol. The molecule has 0 aromatic carbocycles. The first-order valence-corrected chi connectivity index (χ1v) is 6.17. The largest absolute Gasteiger partial charge is 0.469 e. The van der Waals surface area contributed by atoms with Crippen LogP contribution in [-0.4, -0.2) is 46.1 Å². The Morgan fingerprint density at radius 3 is 2.81 bits per heavy atom. The number of hydrogen-bond donors (Lipinski definition) is 1. The van der Waals surface area contributed by atoms with E-state index in [1.807, 2.05) is 0 Å². The smallest absolute Gasteiger partial charge is 0.350 e. The van der Waals surface area contributed by atoms with E-state index in [2.05, 4.69) is 9.72 Å². The van der Waals surface area contributed by atoms with Gasteiger partial charge < -0.3 is 14.6 Å². The van der Waals surface area contributed by atoms with E-state index in [0.717, 1.165) is 13.3 Å². The van der Waals surface area contributed by atoms with Gasteiger partial charge in [0.15, 0.2) is 18.2 Å². The Morgan fingerprint density at radius 1 is 1.62 bits per heavy atom. The average Bonchev–Trinajstić information content (AvgIpc) is 2.70. The average molecular weight is 304 g/mol. The van der Waals surface area contributed by atoms with Gasteiger partial charge in [-0.1, -0.05) is 0 Å². The molecule has 2 heterocycles. The predicted molar refractivity (Wildman–Crippen MR) is 64.7 cm³/mol. The Hall–Kier alpha value is -1.87. The van der Waals surface area contributed by atoms with Crippen LogP contribution in [0.2, 0.25) is 0 Å². The second-order valence-electron chi connectivity index (χ2n) is 4.65. The number of aliphatic hydroxyl groups is 1. The Morgan fingerprint density at radius 2 is 2.29 bits per heavy atom. The molecule has 1 aliphatic heterocycles. The molecule has 0 amide bonds. The number of rotatable bonds is 3. The molecule has 1 N–H and O–H groups in total. The monoisotopic (exact) mass is 304 g/mol. The van der Waals surface area contributed by atoms with Gasteiger partial charge in [0.1, 0.15) is 6.10 Å². The maximum atomic E-state index is 13.8. The van der Waals surface area contributed by atoms with Crippen LogP contribution >= 0.6 is 0 Å². The number of carbonyl (C=O) groups is 1. The van der Waals surface area contributed by atoms with Crippen LogP contribution in [0.25, 0.3) is 0 Å². The van der Waals surface area contributed by atoms with Crippen LogP contribution < -0.4 is 5.69 Å². The first-order valence-electron chi connectivity index (χ1n) is 6.17. The maximum absolute atomic E-state index is 13.8. The lowest BCUT2D eigenvalue weighted by Gasteiger charge is -2.17. The van der Waals surface area contributed by atoms with Gasteiger partial charge in [-0.15, -0.1) is 0 Å². The molecule has 0 saturated carbocycles. The van der Waals surface area contributed by atoms with E-state index in [1.165, 1.54) is 6.92 Å². The highest BCUT2D eigenvalue weighted by Crippen LogP contribution is 2.30. The zero-order valence-corrected chi connectivity index (χ0v) is 11.3. The fourth-order valence-corrected chi connectivity index (χ4v) is 2.03. The van der Waals surface area contributed by atoms with Gasteiger partial charge in [-0.05, 0) is 6.92 Å². The summed E-state index contributed by atoms with van der Waals surface area (Å²) in [7, 11) is 1.12. The van der Waals surface area contributed by atoms with Crippen molar-refractivity contribution in [3.63, 3.8) is 0 Å². The van der Waals surface area contributed by atoms with Gasteiger partial charge in [0.25, 0.3) is 0 Å². The van der Waals surface area contributed by atoms with Crippen LogP contribution in [0.5, 0.6) is 0 Å². The Kier molecular flexibility index (Phi) is 4.33. The highest BCUT2D eigenvalue weighted by Gasteiger charge is 2.43. The van der Waals surface area contributed by atoms with Gasteiger partial charge in [0.2, 0.25) is 0 Å². The number of aliphatic hydroxyl groups excluding tert-OH is 1. The van der Waals surface area contributed by atoms with Gasteiger partial charge >= 0.3 is 11.7 Å². The molecule has 0 bridgehead atoms. The van der Waals surface area contributed by atoms with E-state index in [1.54, 1.807) is 0 Å². The minimum atomic E-state index is -1.69. The summed E-state index contributed by atoms with van der Waals surface area (Å²) in [6.07, 6.45) is -5.38. The van der Waals surface area contributed by atoms with Crippen molar-refractivity contribution >= 4 is 5.97 Å². The number of hydrogen-bond acceptors (Lipinski definition) is 6. The number of esters is 1. The lowest BCUT2D eigenvalue weighted by molar-refractivity contribution is -0.139. The first-order chi connectivity index (χ1) is 9.85. The fourth-order valence-electron chi connectivity index (χ4n) is 2.03. The molecule has 4 atom stereocenters. The highest BCUT2D eigenvalue weighted by atomic mass is 19.1. The third-order valence-corrected chi connectivity index (χ3v) is 3.21. The quantitative estimate of drug-likeness (QED) is 0.772. The number of methoxy groups -OCH3 is 1. The van der Waals surface area contributed by atoms with Crippen LogP contribution in [0.1, 0.15) is 18.8 Å². The number of aromatic nitrogens is 2. The first kappa shape index (κ1) is 15.5. The van der Waals surface area contributed by atoms with Gasteiger partial charge in [-0.25, -0.2) is 13.6 Å². The Balaban J connectivity index is 2.33. The third kappa shape index (κ3) is 2.93. The summed E-state index contributed by atoms with van der Waals surface area (Å²) in [4.78, 5) is 26.3. The minimum Gasteiger partial charge on any atom is -0.469 e. The lowest BCUT2D eigenvalue weighted by Crippen LogP contribution is -2.35. The van der Waals surface area contributed by atoms with Crippen molar-refractivity contribution in [1.82, 2.24) is 9.55 Å². The van der Waals surface area contributed by atoms with Crippen molar-refractivity contribution in [3.8, 4) is 0 Å². The van der Waals surface area contributed by atoms with Crippen molar-refractivity contribution in [2.45, 2.75) is 38.0 Å². The van der Waals surface area contributed by atoms with E-state index >= 15 is 0 Å². The summed E-state index contributed by atoms with van der Waals surface area (Å²) >= 11 is 0. The van der Waals surface area contributed by atoms with Gasteiger partial charge in [-0.2, -0.15) is 4.98 Å². The maximum Gasteiger partial charge on any atom is 0.350 e. The topological polar surface area (TPSA) is 90.7 Å². The molecule has 0 aliphatic carbocycles. The minimum absolute atomic E-state index is 0.388. The molecule has 1 fully saturated rings. The second-order valence-corrected chi connectivity index (χ2v) is 4.65. The lowest BCUT2D eigenvalue weighted by atomic mass is 10.2. The summed E-state index contributed by atoms with van der Waals surface area (Å²) in [6, 6.07) is 0. The van der Waals surface area contributed by atoms with Crippen LogP contribution in [0.15, 0.2) is 11.0 Å². The van der Waals surface area contributed by atoms with Crippen molar-refractivity contribution < 1.29 is 28.2 Å². The molecular formula is C12H14F2N2O5. The molecule has 1 saturated heterocycles. The number of alkyl halides is 1. The fraction of sp³-hybridized carbons (Fsp3) is 0.583. The van der Waals surface area contributed by atoms with E-state index in [0.29, 0.717) is 4.57 Å². The van der Waals surface area contributed by atoms with E-state index in [4.69, 9.17) is 4.74 Å². The highest BCUT2D eigenvalue weighted by molar-refractivity contribution is 5.71. The zero-order chi connectivity index (χ0) is 15.7. The van der Waals surface area contributed by atoms with E-state index in [-0.39, 0.29) is 5.69 Å². The van der Waals surface area contributed by atoms with E-state index < -0.39 is 48.5 Å². The molecule has 1 aliphatic rings. The molecule has 9 heteroatoms. The van der Waals surface area contributed by atoms with E-state index in [9.17, 15) is 23.5 Å². The third-order valence-electron chi connectivity index (χ3n) is 3.21. The standard InChI is InChI=1S/C12H14F2N2O5/c1-5-9(14)10(18)11(21-5)16-4-6(13)7(15-12(16)19)3-8(17)20-2/h4-5,9-11,18H,3H2,1-2H3/t5-,9-,10-,11-/m1/s1. The van der Waals surface area contributed by atoms with Crippen LogP contribution in [0.3, 0.4) is 0 Å².